The fourth-order valence-corrected chi connectivity index (χ4v) is 1.71. The number of aromatic amines is 1. The van der Waals surface area contributed by atoms with Crippen LogP contribution >= 0.6 is 23.2 Å². The highest BCUT2D eigenvalue weighted by molar-refractivity contribution is 6.36. The third kappa shape index (κ3) is 1.63. The summed E-state index contributed by atoms with van der Waals surface area (Å²) in [5.41, 5.74) is 2.86. The molecule has 1 heterocycles. The van der Waals surface area contributed by atoms with Crippen molar-refractivity contribution in [1.82, 2.24) is 10.2 Å². The third-order valence-corrected chi connectivity index (χ3v) is 2.90. The van der Waals surface area contributed by atoms with Crippen molar-refractivity contribution in [2.24, 2.45) is 0 Å². The van der Waals surface area contributed by atoms with Gasteiger partial charge in [-0.1, -0.05) is 23.2 Å². The van der Waals surface area contributed by atoms with Gasteiger partial charge in [0.2, 0.25) is 0 Å². The Labute approximate surface area is 91.9 Å². The molecule has 0 amide bonds. The molecule has 2 rings (SSSR count). The Balaban J connectivity index is 2.57. The average molecular weight is 227 g/mol. The van der Waals surface area contributed by atoms with E-state index in [0.717, 1.165) is 16.7 Å². The number of halogens is 2. The van der Waals surface area contributed by atoms with Crippen LogP contribution in [0, 0.1) is 6.92 Å². The number of hydrogen-bond acceptors (Lipinski definition) is 1. The van der Waals surface area contributed by atoms with Crippen LogP contribution in [-0.4, -0.2) is 10.2 Å². The zero-order valence-electron chi connectivity index (χ0n) is 7.51. The zero-order chi connectivity index (χ0) is 10.1. The first kappa shape index (κ1) is 9.56. The lowest BCUT2D eigenvalue weighted by Gasteiger charge is -2.04. The first-order valence-electron chi connectivity index (χ1n) is 4.13. The van der Waals surface area contributed by atoms with Crippen LogP contribution in [0.25, 0.3) is 11.1 Å². The van der Waals surface area contributed by atoms with Crippen molar-refractivity contribution in [3.63, 3.8) is 0 Å². The molecule has 0 spiro atoms. The number of rotatable bonds is 1. The SMILES string of the molecule is Cc1c(Cl)cc(-c2cn[nH]c2)cc1Cl. The predicted octanol–water partition coefficient (Wildman–Crippen LogP) is 3.69. The van der Waals surface area contributed by atoms with Gasteiger partial charge in [-0.05, 0) is 30.2 Å². The lowest BCUT2D eigenvalue weighted by atomic mass is 10.1. The maximum Gasteiger partial charge on any atom is 0.0565 e. The smallest absolute Gasteiger partial charge is 0.0565 e. The number of H-pyrrole nitrogens is 1. The summed E-state index contributed by atoms with van der Waals surface area (Å²) in [7, 11) is 0. The van der Waals surface area contributed by atoms with Crippen LogP contribution in [-0.2, 0) is 0 Å². The number of nitrogens with one attached hydrogen (secondary N) is 1. The molecule has 2 nitrogen and oxygen atoms in total. The quantitative estimate of drug-likeness (QED) is 0.790. The Morgan fingerprint density at radius 2 is 1.79 bits per heavy atom. The first-order chi connectivity index (χ1) is 6.68. The van der Waals surface area contributed by atoms with E-state index >= 15 is 0 Å². The van der Waals surface area contributed by atoms with Crippen molar-refractivity contribution in [2.75, 3.05) is 0 Å². The average Bonchev–Trinajstić information content (AvgIpc) is 2.66. The van der Waals surface area contributed by atoms with Crippen molar-refractivity contribution >= 4 is 23.2 Å². The second-order valence-electron chi connectivity index (χ2n) is 3.05. The largest absolute Gasteiger partial charge is 0.285 e. The third-order valence-electron chi connectivity index (χ3n) is 2.11. The highest BCUT2D eigenvalue weighted by atomic mass is 35.5. The molecule has 0 unspecified atom stereocenters. The van der Waals surface area contributed by atoms with Gasteiger partial charge in [0.05, 0.1) is 6.20 Å². The van der Waals surface area contributed by atoms with E-state index in [-0.39, 0.29) is 0 Å². The molecule has 0 fully saturated rings. The lowest BCUT2D eigenvalue weighted by molar-refractivity contribution is 1.09. The highest BCUT2D eigenvalue weighted by Gasteiger charge is 2.05. The summed E-state index contributed by atoms with van der Waals surface area (Å²) in [5.74, 6) is 0. The fourth-order valence-electron chi connectivity index (χ4n) is 1.22. The minimum Gasteiger partial charge on any atom is -0.285 e. The van der Waals surface area contributed by atoms with Crippen LogP contribution in [0.3, 0.4) is 0 Å². The minimum absolute atomic E-state index is 0.675. The monoisotopic (exact) mass is 226 g/mol. The van der Waals surface area contributed by atoms with Gasteiger partial charge in [0, 0.05) is 21.8 Å². The standard InChI is InChI=1S/C10H8Cl2N2/c1-6-9(11)2-7(3-10(6)12)8-4-13-14-5-8/h2-5H,1H3,(H,13,14). The van der Waals surface area contributed by atoms with Gasteiger partial charge in [0.15, 0.2) is 0 Å². The van der Waals surface area contributed by atoms with Gasteiger partial charge in [-0.3, -0.25) is 5.10 Å². The van der Waals surface area contributed by atoms with Crippen molar-refractivity contribution in [2.45, 2.75) is 6.92 Å². The van der Waals surface area contributed by atoms with Gasteiger partial charge < -0.3 is 0 Å². The second-order valence-corrected chi connectivity index (χ2v) is 3.87. The van der Waals surface area contributed by atoms with E-state index in [1.807, 2.05) is 19.1 Å². The molecule has 72 valence electrons. The Bertz CT molecular complexity index is 426. The molecule has 0 aliphatic rings. The Kier molecular flexibility index (Phi) is 2.48. The molecule has 2 aromatic rings. The van der Waals surface area contributed by atoms with Crippen LogP contribution < -0.4 is 0 Å². The van der Waals surface area contributed by atoms with Gasteiger partial charge >= 0.3 is 0 Å². The molecule has 1 aromatic carbocycles. The summed E-state index contributed by atoms with van der Waals surface area (Å²) >= 11 is 12.0. The maximum absolute atomic E-state index is 6.02. The van der Waals surface area contributed by atoms with Gasteiger partial charge in [0.25, 0.3) is 0 Å². The number of hydrogen-bond donors (Lipinski definition) is 1. The van der Waals surface area contributed by atoms with E-state index in [2.05, 4.69) is 10.2 Å². The molecule has 4 heteroatoms. The second kappa shape index (κ2) is 3.64. The summed E-state index contributed by atoms with van der Waals surface area (Å²) in [6, 6.07) is 3.77. The zero-order valence-corrected chi connectivity index (χ0v) is 9.02. The van der Waals surface area contributed by atoms with Crippen molar-refractivity contribution < 1.29 is 0 Å². The molecule has 0 saturated carbocycles. The molecule has 0 aliphatic carbocycles. The van der Waals surface area contributed by atoms with Crippen molar-refractivity contribution in [3.8, 4) is 11.1 Å². The number of nitrogens with zero attached hydrogens (tertiary/aromatic N) is 1. The van der Waals surface area contributed by atoms with E-state index in [4.69, 9.17) is 23.2 Å². The molecular weight excluding hydrogens is 219 g/mol. The molecule has 1 aromatic heterocycles. The van der Waals surface area contributed by atoms with E-state index in [0.29, 0.717) is 10.0 Å². The highest BCUT2D eigenvalue weighted by Crippen LogP contribution is 2.30. The molecule has 0 radical (unpaired) electrons. The van der Waals surface area contributed by atoms with E-state index in [9.17, 15) is 0 Å². The van der Waals surface area contributed by atoms with Crippen molar-refractivity contribution in [3.05, 3.63) is 40.1 Å². The summed E-state index contributed by atoms with van der Waals surface area (Å²) in [6.07, 6.45) is 3.54. The Morgan fingerprint density at radius 3 is 2.29 bits per heavy atom. The summed E-state index contributed by atoms with van der Waals surface area (Å²) < 4.78 is 0. The van der Waals surface area contributed by atoms with Gasteiger partial charge in [-0.25, -0.2) is 0 Å². The first-order valence-corrected chi connectivity index (χ1v) is 4.89. The van der Waals surface area contributed by atoms with Crippen LogP contribution in [0.15, 0.2) is 24.5 Å². The lowest BCUT2D eigenvalue weighted by Crippen LogP contribution is -1.81. The topological polar surface area (TPSA) is 28.7 Å². The summed E-state index contributed by atoms with van der Waals surface area (Å²) in [5, 5.41) is 7.96. The van der Waals surface area contributed by atoms with Crippen LogP contribution in [0.4, 0.5) is 0 Å². The summed E-state index contributed by atoms with van der Waals surface area (Å²) in [4.78, 5) is 0. The van der Waals surface area contributed by atoms with Gasteiger partial charge in [-0.2, -0.15) is 5.10 Å². The van der Waals surface area contributed by atoms with Gasteiger partial charge in [0.1, 0.15) is 0 Å². The predicted molar refractivity (Wildman–Crippen MR) is 58.8 cm³/mol. The Hall–Kier alpha value is -0.990. The van der Waals surface area contributed by atoms with Crippen LogP contribution in [0.2, 0.25) is 10.0 Å². The van der Waals surface area contributed by atoms with E-state index in [1.165, 1.54) is 0 Å². The van der Waals surface area contributed by atoms with Crippen molar-refractivity contribution in [1.29, 1.82) is 0 Å². The summed E-state index contributed by atoms with van der Waals surface area (Å²) in [6.45, 7) is 1.89. The number of aromatic nitrogens is 2. The van der Waals surface area contributed by atoms with Gasteiger partial charge in [-0.15, -0.1) is 0 Å². The fraction of sp³-hybridized carbons (Fsp3) is 0.100. The molecule has 0 atom stereocenters. The number of benzene rings is 1. The Morgan fingerprint density at radius 1 is 1.14 bits per heavy atom. The molecule has 0 saturated heterocycles. The molecule has 0 aliphatic heterocycles. The normalized spacial score (nSPS) is 10.5. The minimum atomic E-state index is 0.675. The molecule has 14 heavy (non-hydrogen) atoms. The molecule has 1 N–H and O–H groups in total. The van der Waals surface area contributed by atoms with Crippen LogP contribution in [0.5, 0.6) is 0 Å². The maximum atomic E-state index is 6.02. The molecule has 0 bridgehead atoms. The van der Waals surface area contributed by atoms with Crippen LogP contribution in [0.1, 0.15) is 5.56 Å². The molecular formula is C10H8Cl2N2. The van der Waals surface area contributed by atoms with E-state index < -0.39 is 0 Å². The van der Waals surface area contributed by atoms with E-state index in [1.54, 1.807) is 12.4 Å².